The lowest BCUT2D eigenvalue weighted by Crippen LogP contribution is -2.45. The molecule has 1 aliphatic carbocycles. The van der Waals surface area contributed by atoms with Crippen molar-refractivity contribution in [2.75, 3.05) is 6.54 Å². The molecule has 1 aromatic carbocycles. The maximum absolute atomic E-state index is 11.4. The molecule has 2 aromatic rings. The van der Waals surface area contributed by atoms with Crippen molar-refractivity contribution in [2.45, 2.75) is 37.1 Å². The third-order valence-electron chi connectivity index (χ3n) is 4.72. The SMILES string of the molecule is NC(=O)c1cccc2oc(C3CNC4(CCC4)C3)nc12. The van der Waals surface area contributed by atoms with Crippen LogP contribution in [0.25, 0.3) is 11.1 Å². The maximum atomic E-state index is 11.4. The van der Waals surface area contributed by atoms with Crippen molar-refractivity contribution in [3.05, 3.63) is 29.7 Å². The Morgan fingerprint density at radius 1 is 1.45 bits per heavy atom. The van der Waals surface area contributed by atoms with Gasteiger partial charge in [0.25, 0.3) is 5.91 Å². The van der Waals surface area contributed by atoms with Gasteiger partial charge in [0.15, 0.2) is 11.5 Å². The monoisotopic (exact) mass is 271 g/mol. The van der Waals surface area contributed by atoms with Crippen molar-refractivity contribution < 1.29 is 9.21 Å². The highest BCUT2D eigenvalue weighted by molar-refractivity contribution is 6.03. The van der Waals surface area contributed by atoms with E-state index in [1.54, 1.807) is 12.1 Å². The molecule has 1 unspecified atom stereocenters. The fourth-order valence-corrected chi connectivity index (χ4v) is 3.45. The summed E-state index contributed by atoms with van der Waals surface area (Å²) in [5.74, 6) is 0.559. The smallest absolute Gasteiger partial charge is 0.251 e. The van der Waals surface area contributed by atoms with Crippen LogP contribution < -0.4 is 11.1 Å². The van der Waals surface area contributed by atoms with Crippen LogP contribution in [0.15, 0.2) is 22.6 Å². The molecule has 1 amide bonds. The lowest BCUT2D eigenvalue weighted by molar-refractivity contribution is 0.100. The number of oxazole rings is 1. The molecule has 5 heteroatoms. The van der Waals surface area contributed by atoms with Crippen LogP contribution in [0.5, 0.6) is 0 Å². The van der Waals surface area contributed by atoms with Gasteiger partial charge in [-0.05, 0) is 37.8 Å². The first-order chi connectivity index (χ1) is 9.67. The molecule has 0 bridgehead atoms. The summed E-state index contributed by atoms with van der Waals surface area (Å²) >= 11 is 0. The number of fused-ring (bicyclic) bond motifs is 1. The molecule has 4 rings (SSSR count). The number of nitrogens with two attached hydrogens (primary N) is 1. The number of hydrogen-bond donors (Lipinski definition) is 2. The number of amides is 1. The third kappa shape index (κ3) is 1.66. The highest BCUT2D eigenvalue weighted by Gasteiger charge is 2.45. The van der Waals surface area contributed by atoms with E-state index in [1.807, 2.05) is 6.07 Å². The van der Waals surface area contributed by atoms with E-state index in [2.05, 4.69) is 10.3 Å². The lowest BCUT2D eigenvalue weighted by Gasteiger charge is -2.38. The number of nitrogens with one attached hydrogen (secondary N) is 1. The molecule has 1 aliphatic heterocycles. The van der Waals surface area contributed by atoms with E-state index in [0.29, 0.717) is 28.1 Å². The summed E-state index contributed by atoms with van der Waals surface area (Å²) < 4.78 is 5.85. The van der Waals surface area contributed by atoms with Crippen molar-refractivity contribution in [3.63, 3.8) is 0 Å². The molecular formula is C15H17N3O2. The minimum Gasteiger partial charge on any atom is -0.440 e. The fraction of sp³-hybridized carbons (Fsp3) is 0.467. The topological polar surface area (TPSA) is 81.2 Å². The average molecular weight is 271 g/mol. The van der Waals surface area contributed by atoms with Crippen molar-refractivity contribution in [1.29, 1.82) is 0 Å². The van der Waals surface area contributed by atoms with Gasteiger partial charge in [-0.2, -0.15) is 0 Å². The van der Waals surface area contributed by atoms with Crippen LogP contribution in [-0.4, -0.2) is 23.0 Å². The number of aromatic nitrogens is 1. The Morgan fingerprint density at radius 2 is 2.30 bits per heavy atom. The maximum Gasteiger partial charge on any atom is 0.251 e. The molecular weight excluding hydrogens is 254 g/mol. The van der Waals surface area contributed by atoms with Gasteiger partial charge in [-0.3, -0.25) is 4.79 Å². The first kappa shape index (κ1) is 11.9. The highest BCUT2D eigenvalue weighted by Crippen LogP contribution is 2.44. The van der Waals surface area contributed by atoms with Gasteiger partial charge < -0.3 is 15.5 Å². The van der Waals surface area contributed by atoms with Gasteiger partial charge >= 0.3 is 0 Å². The predicted octanol–water partition coefficient (Wildman–Crippen LogP) is 1.93. The highest BCUT2D eigenvalue weighted by atomic mass is 16.3. The predicted molar refractivity (Wildman–Crippen MR) is 74.5 cm³/mol. The van der Waals surface area contributed by atoms with Crippen LogP contribution in [0.1, 0.15) is 47.8 Å². The molecule has 1 saturated carbocycles. The van der Waals surface area contributed by atoms with E-state index in [-0.39, 0.29) is 0 Å². The molecule has 2 aliphatic rings. The molecule has 2 fully saturated rings. The van der Waals surface area contributed by atoms with Gasteiger partial charge in [0, 0.05) is 18.0 Å². The summed E-state index contributed by atoms with van der Waals surface area (Å²) in [5, 5.41) is 3.61. The quantitative estimate of drug-likeness (QED) is 0.874. The van der Waals surface area contributed by atoms with Crippen molar-refractivity contribution >= 4 is 17.0 Å². The van der Waals surface area contributed by atoms with E-state index in [9.17, 15) is 4.79 Å². The van der Waals surface area contributed by atoms with Gasteiger partial charge in [0.1, 0.15) is 5.52 Å². The Hall–Kier alpha value is -1.88. The van der Waals surface area contributed by atoms with Crippen molar-refractivity contribution in [2.24, 2.45) is 5.73 Å². The van der Waals surface area contributed by atoms with Crippen molar-refractivity contribution in [1.82, 2.24) is 10.3 Å². The van der Waals surface area contributed by atoms with Crippen molar-refractivity contribution in [3.8, 4) is 0 Å². The Balaban J connectivity index is 1.71. The summed E-state index contributed by atoms with van der Waals surface area (Å²) in [6.07, 6.45) is 4.87. The van der Waals surface area contributed by atoms with Gasteiger partial charge in [0.2, 0.25) is 0 Å². The zero-order valence-corrected chi connectivity index (χ0v) is 11.2. The molecule has 1 saturated heterocycles. The van der Waals surface area contributed by atoms with Crippen LogP contribution in [0, 0.1) is 0 Å². The number of carbonyl (C=O) groups is 1. The second-order valence-electron chi connectivity index (χ2n) is 5.98. The summed E-state index contributed by atoms with van der Waals surface area (Å²) in [5.41, 5.74) is 7.36. The Morgan fingerprint density at radius 3 is 2.95 bits per heavy atom. The Bertz CT molecular complexity index is 687. The summed E-state index contributed by atoms with van der Waals surface area (Å²) in [4.78, 5) is 16.0. The zero-order chi connectivity index (χ0) is 13.7. The van der Waals surface area contributed by atoms with E-state index in [4.69, 9.17) is 10.2 Å². The Kier molecular flexibility index (Phi) is 2.41. The molecule has 20 heavy (non-hydrogen) atoms. The number of rotatable bonds is 2. The van der Waals surface area contributed by atoms with Gasteiger partial charge in [0.05, 0.1) is 5.56 Å². The fourth-order valence-electron chi connectivity index (χ4n) is 3.45. The van der Waals surface area contributed by atoms with Crippen LogP contribution in [0.4, 0.5) is 0 Å². The molecule has 2 heterocycles. The van der Waals surface area contributed by atoms with E-state index < -0.39 is 5.91 Å². The molecule has 0 radical (unpaired) electrons. The van der Waals surface area contributed by atoms with Crippen LogP contribution >= 0.6 is 0 Å². The first-order valence-electron chi connectivity index (χ1n) is 7.11. The van der Waals surface area contributed by atoms with Gasteiger partial charge in [-0.25, -0.2) is 4.98 Å². The molecule has 5 nitrogen and oxygen atoms in total. The number of nitrogens with zero attached hydrogens (tertiary/aromatic N) is 1. The molecule has 3 N–H and O–H groups in total. The number of primary amides is 1. The molecule has 1 spiro atoms. The van der Waals surface area contributed by atoms with Crippen LogP contribution in [0.3, 0.4) is 0 Å². The average Bonchev–Trinajstić information content (AvgIpc) is 3.01. The minimum atomic E-state index is -0.463. The number of hydrogen-bond acceptors (Lipinski definition) is 4. The van der Waals surface area contributed by atoms with Gasteiger partial charge in [-0.15, -0.1) is 0 Å². The normalized spacial score (nSPS) is 24.1. The standard InChI is InChI=1S/C15H17N3O2/c16-13(19)10-3-1-4-11-12(10)18-14(20-11)9-7-15(17-8-9)5-2-6-15/h1,3-4,9,17H,2,5-8H2,(H2,16,19). The second kappa shape index (κ2) is 4.06. The first-order valence-corrected chi connectivity index (χ1v) is 7.11. The largest absolute Gasteiger partial charge is 0.440 e. The number of benzene rings is 1. The number of para-hydroxylation sites is 1. The summed E-state index contributed by atoms with van der Waals surface area (Å²) in [6.45, 7) is 0.902. The molecule has 1 aromatic heterocycles. The second-order valence-corrected chi connectivity index (χ2v) is 5.98. The van der Waals surface area contributed by atoms with E-state index in [0.717, 1.165) is 18.9 Å². The third-order valence-corrected chi connectivity index (χ3v) is 4.72. The lowest BCUT2D eigenvalue weighted by atomic mass is 9.74. The molecule has 1 atom stereocenters. The van der Waals surface area contributed by atoms with E-state index >= 15 is 0 Å². The summed E-state index contributed by atoms with van der Waals surface area (Å²) in [7, 11) is 0. The minimum absolute atomic E-state index is 0.295. The zero-order valence-electron chi connectivity index (χ0n) is 11.2. The van der Waals surface area contributed by atoms with E-state index in [1.165, 1.54) is 19.3 Å². The van der Waals surface area contributed by atoms with Crippen LogP contribution in [0.2, 0.25) is 0 Å². The number of carbonyl (C=O) groups excluding carboxylic acids is 1. The summed E-state index contributed by atoms with van der Waals surface area (Å²) in [6, 6.07) is 5.30. The molecule has 104 valence electrons. The van der Waals surface area contributed by atoms with Crippen LogP contribution in [-0.2, 0) is 0 Å². The van der Waals surface area contributed by atoms with Gasteiger partial charge in [-0.1, -0.05) is 6.07 Å². The Labute approximate surface area is 116 Å².